The quantitative estimate of drug-likeness (QED) is 0.654. The van der Waals surface area contributed by atoms with Crippen LogP contribution in [0.5, 0.6) is 0 Å². The number of imide groups is 2. The molecule has 134 valence electrons. The Labute approximate surface area is 150 Å². The normalized spacial score (nSPS) is 29.3. The third-order valence-corrected chi connectivity index (χ3v) is 5.44. The molecule has 0 bridgehead atoms. The number of nitrogens with one attached hydrogen (secondary N) is 2. The molecular weight excluding hydrogens is 336 g/mol. The fourth-order valence-corrected chi connectivity index (χ4v) is 4.49. The molecule has 0 aliphatic carbocycles. The molecule has 0 unspecified atom stereocenters. The van der Waals surface area contributed by atoms with Crippen molar-refractivity contribution in [3.8, 4) is 6.07 Å². The summed E-state index contributed by atoms with van der Waals surface area (Å²) in [4.78, 5) is 39.3. The molecular formula is C18H18N4O4. The summed E-state index contributed by atoms with van der Waals surface area (Å²) in [6.07, 6.45) is -0.379. The van der Waals surface area contributed by atoms with E-state index in [9.17, 15) is 19.6 Å². The lowest BCUT2D eigenvalue weighted by atomic mass is 9.66. The van der Waals surface area contributed by atoms with Gasteiger partial charge in [0.25, 0.3) is 0 Å². The number of urea groups is 1. The zero-order valence-electron chi connectivity index (χ0n) is 14.4. The Hall–Kier alpha value is -2.92. The molecule has 0 saturated carbocycles. The number of fused-ring (bicyclic) bond motifs is 4. The summed E-state index contributed by atoms with van der Waals surface area (Å²) in [6, 6.07) is 5.97. The number of anilines is 1. The first-order valence-electron chi connectivity index (χ1n) is 8.49. The summed E-state index contributed by atoms with van der Waals surface area (Å²) in [5.74, 6) is -1.22. The molecule has 1 aromatic carbocycles. The van der Waals surface area contributed by atoms with Crippen LogP contribution in [0.25, 0.3) is 0 Å². The van der Waals surface area contributed by atoms with Crippen molar-refractivity contribution in [3.05, 3.63) is 29.3 Å². The van der Waals surface area contributed by atoms with Crippen molar-refractivity contribution >= 4 is 23.5 Å². The van der Waals surface area contributed by atoms with E-state index in [1.807, 2.05) is 18.7 Å². The Bertz CT molecular complexity index is 854. The minimum absolute atomic E-state index is 0.105. The average Bonchev–Trinajstić information content (AvgIpc) is 2.58. The number of carbonyl (C=O) groups excluding carboxylic acids is 3. The smallest absolute Gasteiger partial charge is 0.328 e. The highest BCUT2D eigenvalue weighted by Gasteiger charge is 2.62. The van der Waals surface area contributed by atoms with Gasteiger partial charge in [0.15, 0.2) is 5.41 Å². The molecule has 4 amide bonds. The van der Waals surface area contributed by atoms with E-state index in [-0.39, 0.29) is 12.5 Å². The lowest BCUT2D eigenvalue weighted by Gasteiger charge is -2.55. The SMILES string of the molecule is C[C@@H]1CN2c3cc(C#N)ccc3CC3(C(=O)NC(=O)NC3=O)[C@H]2[C@H](C)O1. The lowest BCUT2D eigenvalue weighted by molar-refractivity contribution is -0.153. The van der Waals surface area contributed by atoms with Crippen LogP contribution < -0.4 is 15.5 Å². The molecule has 1 spiro atoms. The number of hydrogen-bond donors (Lipinski definition) is 2. The van der Waals surface area contributed by atoms with Crippen LogP contribution in [0.2, 0.25) is 0 Å². The number of hydrogen-bond acceptors (Lipinski definition) is 6. The molecule has 2 fully saturated rings. The molecule has 3 aliphatic rings. The fourth-order valence-electron chi connectivity index (χ4n) is 4.49. The lowest BCUT2D eigenvalue weighted by Crippen LogP contribution is -2.75. The van der Waals surface area contributed by atoms with Gasteiger partial charge in [0.1, 0.15) is 0 Å². The number of morpholine rings is 1. The van der Waals surface area contributed by atoms with Crippen LogP contribution >= 0.6 is 0 Å². The average molecular weight is 354 g/mol. The maximum atomic E-state index is 12.9. The summed E-state index contributed by atoms with van der Waals surface area (Å²) in [5, 5.41) is 13.7. The second kappa shape index (κ2) is 5.54. The van der Waals surface area contributed by atoms with Gasteiger partial charge in [-0.3, -0.25) is 20.2 Å². The van der Waals surface area contributed by atoms with Gasteiger partial charge in [-0.1, -0.05) is 6.07 Å². The molecule has 8 nitrogen and oxygen atoms in total. The van der Waals surface area contributed by atoms with Crippen LogP contribution in [0.3, 0.4) is 0 Å². The minimum Gasteiger partial charge on any atom is -0.372 e. The molecule has 3 atom stereocenters. The van der Waals surface area contributed by atoms with Crippen molar-refractivity contribution in [2.75, 3.05) is 11.4 Å². The number of rotatable bonds is 0. The molecule has 2 N–H and O–H groups in total. The van der Waals surface area contributed by atoms with Gasteiger partial charge in [0.05, 0.1) is 29.9 Å². The largest absolute Gasteiger partial charge is 0.372 e. The van der Waals surface area contributed by atoms with Crippen molar-refractivity contribution < 1.29 is 19.1 Å². The van der Waals surface area contributed by atoms with Crippen molar-refractivity contribution in [1.29, 1.82) is 5.26 Å². The van der Waals surface area contributed by atoms with Crippen LogP contribution in [0, 0.1) is 16.7 Å². The zero-order chi connectivity index (χ0) is 18.6. The summed E-state index contributed by atoms with van der Waals surface area (Å²) in [7, 11) is 0. The van der Waals surface area contributed by atoms with Crippen molar-refractivity contribution in [2.24, 2.45) is 5.41 Å². The number of carbonyl (C=O) groups is 3. The van der Waals surface area contributed by atoms with Crippen LogP contribution in [0.15, 0.2) is 18.2 Å². The Morgan fingerprint density at radius 3 is 2.58 bits per heavy atom. The molecule has 1 aromatic rings. The van der Waals surface area contributed by atoms with E-state index in [1.54, 1.807) is 18.2 Å². The number of benzene rings is 1. The van der Waals surface area contributed by atoms with Gasteiger partial charge in [0, 0.05) is 12.2 Å². The Morgan fingerprint density at radius 1 is 1.23 bits per heavy atom. The summed E-state index contributed by atoms with van der Waals surface area (Å²) >= 11 is 0. The van der Waals surface area contributed by atoms with Crippen LogP contribution in [-0.4, -0.2) is 42.6 Å². The highest BCUT2D eigenvalue weighted by Crippen LogP contribution is 2.46. The number of ether oxygens (including phenoxy) is 1. The maximum Gasteiger partial charge on any atom is 0.328 e. The van der Waals surface area contributed by atoms with Gasteiger partial charge >= 0.3 is 6.03 Å². The minimum atomic E-state index is -1.46. The summed E-state index contributed by atoms with van der Waals surface area (Å²) < 4.78 is 5.93. The van der Waals surface area contributed by atoms with Gasteiger partial charge < -0.3 is 9.64 Å². The molecule has 2 saturated heterocycles. The Morgan fingerprint density at radius 2 is 1.92 bits per heavy atom. The second-order valence-electron chi connectivity index (χ2n) is 7.09. The van der Waals surface area contributed by atoms with E-state index in [1.165, 1.54) is 0 Å². The number of nitriles is 1. The van der Waals surface area contributed by atoms with E-state index in [2.05, 4.69) is 16.7 Å². The maximum absolute atomic E-state index is 12.9. The first kappa shape index (κ1) is 16.5. The monoisotopic (exact) mass is 354 g/mol. The van der Waals surface area contributed by atoms with E-state index in [4.69, 9.17) is 4.74 Å². The topological polar surface area (TPSA) is 112 Å². The van der Waals surface area contributed by atoms with Crippen molar-refractivity contribution in [2.45, 2.75) is 38.5 Å². The molecule has 3 aliphatic heterocycles. The number of amides is 4. The highest BCUT2D eigenvalue weighted by atomic mass is 16.5. The number of barbiturate groups is 1. The Balaban J connectivity index is 1.92. The third-order valence-electron chi connectivity index (χ3n) is 5.44. The molecule has 26 heavy (non-hydrogen) atoms. The van der Waals surface area contributed by atoms with E-state index >= 15 is 0 Å². The molecule has 8 heteroatoms. The predicted octanol–water partition coefficient (Wildman–Crippen LogP) is 0.449. The molecule has 3 heterocycles. The van der Waals surface area contributed by atoms with Gasteiger partial charge in [-0.2, -0.15) is 5.26 Å². The standard InChI is InChI=1S/C18H18N4O4/c1-9-8-22-13-5-11(7-19)3-4-12(13)6-18(14(22)10(2)26-9)15(23)20-17(25)21-16(18)24/h3-5,9-10,14H,6,8H2,1-2H3,(H2,20,21,23,24,25)/t9-,10+,14-/m1/s1. The van der Waals surface area contributed by atoms with Crippen molar-refractivity contribution in [3.63, 3.8) is 0 Å². The van der Waals surface area contributed by atoms with Gasteiger partial charge in [0.2, 0.25) is 11.8 Å². The van der Waals surface area contributed by atoms with Gasteiger partial charge in [-0.15, -0.1) is 0 Å². The zero-order valence-corrected chi connectivity index (χ0v) is 14.4. The van der Waals surface area contributed by atoms with Crippen LogP contribution in [0.4, 0.5) is 10.5 Å². The van der Waals surface area contributed by atoms with Gasteiger partial charge in [-0.25, -0.2) is 4.79 Å². The molecule has 0 radical (unpaired) electrons. The fraction of sp³-hybridized carbons (Fsp3) is 0.444. The van der Waals surface area contributed by atoms with E-state index in [0.29, 0.717) is 12.1 Å². The van der Waals surface area contributed by atoms with Gasteiger partial charge in [-0.05, 0) is 38.0 Å². The first-order chi connectivity index (χ1) is 12.4. The second-order valence-corrected chi connectivity index (χ2v) is 7.09. The molecule has 4 rings (SSSR count). The third kappa shape index (κ3) is 2.14. The van der Waals surface area contributed by atoms with E-state index in [0.717, 1.165) is 11.3 Å². The number of nitrogens with zero attached hydrogens (tertiary/aromatic N) is 2. The molecule has 0 aromatic heterocycles. The van der Waals surface area contributed by atoms with Crippen LogP contribution in [0.1, 0.15) is 25.0 Å². The van der Waals surface area contributed by atoms with Crippen molar-refractivity contribution in [1.82, 2.24) is 10.6 Å². The van der Waals surface area contributed by atoms with E-state index < -0.39 is 35.4 Å². The summed E-state index contributed by atoms with van der Waals surface area (Å²) in [5.41, 5.74) is 0.674. The predicted molar refractivity (Wildman–Crippen MR) is 90.1 cm³/mol. The Kier molecular flexibility index (Phi) is 3.53. The van der Waals surface area contributed by atoms with Crippen LogP contribution in [-0.2, 0) is 20.7 Å². The first-order valence-corrected chi connectivity index (χ1v) is 8.49. The highest BCUT2D eigenvalue weighted by molar-refractivity contribution is 6.20. The summed E-state index contributed by atoms with van der Waals surface area (Å²) in [6.45, 7) is 4.23.